The van der Waals surface area contributed by atoms with Crippen molar-refractivity contribution >= 4 is 23.3 Å². The number of amides is 1. The first-order chi connectivity index (χ1) is 15.8. The fraction of sp³-hybridized carbons (Fsp3) is 0.391. The highest BCUT2D eigenvalue weighted by Gasteiger charge is 2.28. The SMILES string of the molecule is CC[C@@H](C)C[C@@H](C(=O)Nc1ccn(C[C@@H](O)CO)n1)n1c(O)ccc1Oc1ccccc1Cl. The van der Waals surface area contributed by atoms with E-state index in [4.69, 9.17) is 21.4 Å². The predicted octanol–water partition coefficient (Wildman–Crippen LogP) is 3.81. The van der Waals surface area contributed by atoms with Gasteiger partial charge in [0.1, 0.15) is 11.8 Å². The van der Waals surface area contributed by atoms with E-state index in [0.717, 1.165) is 6.42 Å². The minimum absolute atomic E-state index is 0.0941. The van der Waals surface area contributed by atoms with Gasteiger partial charge in [-0.2, -0.15) is 5.10 Å². The number of aliphatic hydroxyl groups excluding tert-OH is 2. The molecule has 9 nitrogen and oxygen atoms in total. The van der Waals surface area contributed by atoms with Crippen molar-refractivity contribution in [1.82, 2.24) is 14.3 Å². The number of nitrogens with zero attached hydrogens (tertiary/aromatic N) is 3. The summed E-state index contributed by atoms with van der Waals surface area (Å²) in [5, 5.41) is 36.6. The number of ether oxygens (including phenoxy) is 1. The summed E-state index contributed by atoms with van der Waals surface area (Å²) in [6.07, 6.45) is 1.94. The van der Waals surface area contributed by atoms with Crippen LogP contribution in [-0.4, -0.2) is 48.3 Å². The fourth-order valence-corrected chi connectivity index (χ4v) is 3.52. The van der Waals surface area contributed by atoms with E-state index >= 15 is 0 Å². The molecule has 2 aromatic heterocycles. The Morgan fingerprint density at radius 2 is 2.00 bits per heavy atom. The number of aromatic hydroxyl groups is 1. The van der Waals surface area contributed by atoms with Crippen molar-refractivity contribution in [3.8, 4) is 17.5 Å². The van der Waals surface area contributed by atoms with E-state index in [-0.39, 0.29) is 36.7 Å². The van der Waals surface area contributed by atoms with Gasteiger partial charge in [-0.05, 0) is 24.5 Å². The zero-order valence-electron chi connectivity index (χ0n) is 18.6. The zero-order valence-corrected chi connectivity index (χ0v) is 19.3. The monoisotopic (exact) mass is 476 g/mol. The summed E-state index contributed by atoms with van der Waals surface area (Å²) < 4.78 is 8.81. The van der Waals surface area contributed by atoms with Gasteiger partial charge in [-0.1, -0.05) is 44.0 Å². The van der Waals surface area contributed by atoms with E-state index in [1.807, 2.05) is 13.8 Å². The average Bonchev–Trinajstić information content (AvgIpc) is 3.39. The number of benzene rings is 1. The van der Waals surface area contributed by atoms with Crippen molar-refractivity contribution in [2.45, 2.75) is 45.4 Å². The summed E-state index contributed by atoms with van der Waals surface area (Å²) in [6.45, 7) is 3.77. The number of halogens is 1. The lowest BCUT2D eigenvalue weighted by Crippen LogP contribution is -2.28. The van der Waals surface area contributed by atoms with Crippen LogP contribution in [0.1, 0.15) is 32.7 Å². The summed E-state index contributed by atoms with van der Waals surface area (Å²) in [5.74, 6) is 0.673. The second kappa shape index (κ2) is 11.2. The van der Waals surface area contributed by atoms with Gasteiger partial charge in [0.05, 0.1) is 24.3 Å². The van der Waals surface area contributed by atoms with Crippen LogP contribution < -0.4 is 10.1 Å². The molecular weight excluding hydrogens is 448 g/mol. The number of para-hydroxylation sites is 1. The third kappa shape index (κ3) is 6.28. The smallest absolute Gasteiger partial charge is 0.248 e. The van der Waals surface area contributed by atoms with Crippen molar-refractivity contribution in [1.29, 1.82) is 0 Å². The first-order valence-corrected chi connectivity index (χ1v) is 11.2. The number of aromatic nitrogens is 3. The molecule has 3 rings (SSSR count). The molecule has 3 atom stereocenters. The van der Waals surface area contributed by atoms with Gasteiger partial charge < -0.3 is 25.4 Å². The first kappa shape index (κ1) is 24.6. The van der Waals surface area contributed by atoms with Gasteiger partial charge in [0, 0.05) is 24.4 Å². The Kier molecular flexibility index (Phi) is 8.37. The van der Waals surface area contributed by atoms with Crippen molar-refractivity contribution < 1.29 is 24.9 Å². The van der Waals surface area contributed by atoms with Crippen LogP contribution >= 0.6 is 11.6 Å². The molecule has 0 aliphatic carbocycles. The molecule has 0 spiro atoms. The average molecular weight is 477 g/mol. The Balaban J connectivity index is 1.86. The fourth-order valence-electron chi connectivity index (χ4n) is 3.35. The standard InChI is InChI=1S/C23H29ClN4O5/c1-3-15(2)12-18(23(32)25-20-10-11-27(26-20)13-16(30)14-29)28-21(31)8-9-22(28)33-19-7-5-4-6-17(19)24/h4-11,15-16,18,29-31H,3,12-14H2,1-2H3,(H,25,26,32)/t15-,16-,18+/m1/s1. The molecule has 0 saturated carbocycles. The van der Waals surface area contributed by atoms with E-state index in [1.165, 1.54) is 15.3 Å². The molecule has 0 fully saturated rings. The molecule has 33 heavy (non-hydrogen) atoms. The number of anilines is 1. The number of carbonyl (C=O) groups excluding carboxylic acids is 1. The normalized spacial score (nSPS) is 14.0. The van der Waals surface area contributed by atoms with Crippen LogP contribution in [0.25, 0.3) is 0 Å². The largest absolute Gasteiger partial charge is 0.494 e. The second-order valence-corrected chi connectivity index (χ2v) is 8.35. The van der Waals surface area contributed by atoms with Gasteiger partial charge in [-0.15, -0.1) is 0 Å². The zero-order chi connectivity index (χ0) is 24.0. The first-order valence-electron chi connectivity index (χ1n) is 10.8. The number of rotatable bonds is 11. The minimum atomic E-state index is -0.951. The quantitative estimate of drug-likeness (QED) is 0.334. The van der Waals surface area contributed by atoms with Crippen LogP contribution in [0, 0.1) is 5.92 Å². The number of hydrogen-bond acceptors (Lipinski definition) is 6. The van der Waals surface area contributed by atoms with E-state index < -0.39 is 12.1 Å². The molecule has 10 heteroatoms. The summed E-state index contributed by atoms with van der Waals surface area (Å²) in [5.41, 5.74) is 0. The maximum atomic E-state index is 13.3. The van der Waals surface area contributed by atoms with E-state index in [1.54, 1.807) is 42.6 Å². The van der Waals surface area contributed by atoms with Gasteiger partial charge in [0.2, 0.25) is 11.8 Å². The van der Waals surface area contributed by atoms with Gasteiger partial charge in [-0.3, -0.25) is 14.0 Å². The van der Waals surface area contributed by atoms with E-state index in [2.05, 4.69) is 10.4 Å². The number of hydrogen-bond donors (Lipinski definition) is 4. The molecule has 2 heterocycles. The maximum absolute atomic E-state index is 13.3. The van der Waals surface area contributed by atoms with Gasteiger partial charge in [0.15, 0.2) is 11.7 Å². The third-order valence-corrected chi connectivity index (χ3v) is 5.66. The lowest BCUT2D eigenvalue weighted by molar-refractivity contribution is -0.120. The maximum Gasteiger partial charge on any atom is 0.248 e. The Bertz CT molecular complexity index is 1070. The Labute approximate surface area is 197 Å². The lowest BCUT2D eigenvalue weighted by atomic mass is 9.98. The number of aliphatic hydroxyl groups is 2. The van der Waals surface area contributed by atoms with Crippen LogP contribution in [0.15, 0.2) is 48.7 Å². The molecular formula is C23H29ClN4O5. The molecule has 0 bridgehead atoms. The van der Waals surface area contributed by atoms with Gasteiger partial charge in [0.25, 0.3) is 0 Å². The topological polar surface area (TPSA) is 122 Å². The molecule has 0 aliphatic heterocycles. The third-order valence-electron chi connectivity index (χ3n) is 5.35. The summed E-state index contributed by atoms with van der Waals surface area (Å²) >= 11 is 6.22. The van der Waals surface area contributed by atoms with E-state index in [9.17, 15) is 15.0 Å². The highest BCUT2D eigenvalue weighted by atomic mass is 35.5. The van der Waals surface area contributed by atoms with E-state index in [0.29, 0.717) is 23.0 Å². The Hall–Kier alpha value is -3.01. The number of nitrogens with one attached hydrogen (secondary N) is 1. The molecule has 1 amide bonds. The van der Waals surface area contributed by atoms with Crippen LogP contribution in [-0.2, 0) is 11.3 Å². The van der Waals surface area contributed by atoms with Gasteiger partial charge >= 0.3 is 0 Å². The molecule has 0 aliphatic rings. The highest BCUT2D eigenvalue weighted by molar-refractivity contribution is 6.32. The van der Waals surface area contributed by atoms with Crippen molar-refractivity contribution in [2.75, 3.05) is 11.9 Å². The molecule has 0 unspecified atom stereocenters. The Morgan fingerprint density at radius 3 is 2.70 bits per heavy atom. The summed E-state index contributed by atoms with van der Waals surface area (Å²) in [4.78, 5) is 13.3. The van der Waals surface area contributed by atoms with Crippen molar-refractivity contribution in [3.05, 3.63) is 53.7 Å². The van der Waals surface area contributed by atoms with Crippen LogP contribution in [0.5, 0.6) is 17.5 Å². The molecule has 178 valence electrons. The summed E-state index contributed by atoms with van der Waals surface area (Å²) in [6, 6.07) is 10.8. The molecule has 0 radical (unpaired) electrons. The second-order valence-electron chi connectivity index (χ2n) is 7.95. The molecule has 0 saturated heterocycles. The Morgan fingerprint density at radius 1 is 1.24 bits per heavy atom. The summed E-state index contributed by atoms with van der Waals surface area (Å²) in [7, 11) is 0. The number of carbonyl (C=O) groups is 1. The van der Waals surface area contributed by atoms with Crippen molar-refractivity contribution in [2.24, 2.45) is 5.92 Å². The van der Waals surface area contributed by atoms with Crippen molar-refractivity contribution in [3.63, 3.8) is 0 Å². The minimum Gasteiger partial charge on any atom is -0.494 e. The highest BCUT2D eigenvalue weighted by Crippen LogP contribution is 2.36. The van der Waals surface area contributed by atoms with Crippen LogP contribution in [0.4, 0.5) is 5.82 Å². The van der Waals surface area contributed by atoms with Crippen LogP contribution in [0.3, 0.4) is 0 Å². The molecule has 4 N–H and O–H groups in total. The molecule has 3 aromatic rings. The molecule has 1 aromatic carbocycles. The lowest BCUT2D eigenvalue weighted by Gasteiger charge is -2.24. The predicted molar refractivity (Wildman–Crippen MR) is 125 cm³/mol. The van der Waals surface area contributed by atoms with Crippen LogP contribution in [0.2, 0.25) is 5.02 Å². The van der Waals surface area contributed by atoms with Gasteiger partial charge in [-0.25, -0.2) is 0 Å².